The monoisotopic (exact) mass is 430 g/mol. The summed E-state index contributed by atoms with van der Waals surface area (Å²) >= 11 is 2.64. The Kier molecular flexibility index (Phi) is 6.03. The molecule has 6 heteroatoms. The minimum atomic E-state index is -0.342. The molecule has 0 aliphatic rings. The number of ketones is 1. The Hall–Kier alpha value is -3.27. The molecule has 0 N–H and O–H groups in total. The van der Waals surface area contributed by atoms with Gasteiger partial charge in [-0.1, -0.05) is 60.3 Å². The summed E-state index contributed by atoms with van der Waals surface area (Å²) in [7, 11) is 0. The van der Waals surface area contributed by atoms with E-state index in [2.05, 4.69) is 11.1 Å². The number of thiophene rings is 1. The SMILES string of the molecule is N#Cc1c(-c2ccc(F)cc2)cc(-c2ccccc2)nc1SCC(=O)c1cccs1. The molecule has 2 aromatic heterocycles. The van der Waals surface area contributed by atoms with Crippen LogP contribution in [0.5, 0.6) is 0 Å². The van der Waals surface area contributed by atoms with Gasteiger partial charge in [0.1, 0.15) is 16.9 Å². The van der Waals surface area contributed by atoms with Crippen LogP contribution in [0.25, 0.3) is 22.4 Å². The number of nitrogens with zero attached hydrogens (tertiary/aromatic N) is 2. The van der Waals surface area contributed by atoms with Crippen LogP contribution in [0.4, 0.5) is 4.39 Å². The first kappa shape index (κ1) is 20.0. The van der Waals surface area contributed by atoms with Crippen molar-refractivity contribution >= 4 is 28.9 Å². The van der Waals surface area contributed by atoms with E-state index in [9.17, 15) is 14.4 Å². The molecule has 0 spiro atoms. The predicted octanol–water partition coefficient (Wildman–Crippen LogP) is 6.46. The van der Waals surface area contributed by atoms with E-state index >= 15 is 0 Å². The molecule has 0 saturated carbocycles. The maximum Gasteiger partial charge on any atom is 0.183 e. The number of carbonyl (C=O) groups excluding carboxylic acids is 1. The largest absolute Gasteiger partial charge is 0.292 e. The van der Waals surface area contributed by atoms with E-state index in [0.29, 0.717) is 26.7 Å². The van der Waals surface area contributed by atoms with Crippen molar-refractivity contribution in [3.63, 3.8) is 0 Å². The number of benzene rings is 2. The summed E-state index contributed by atoms with van der Waals surface area (Å²) in [6, 6.07) is 23.3. The molecule has 3 nitrogen and oxygen atoms in total. The summed E-state index contributed by atoms with van der Waals surface area (Å²) in [4.78, 5) is 17.8. The van der Waals surface area contributed by atoms with E-state index in [1.54, 1.807) is 18.2 Å². The Bertz CT molecular complexity index is 1210. The van der Waals surface area contributed by atoms with Crippen LogP contribution in [0.15, 0.2) is 83.2 Å². The summed E-state index contributed by atoms with van der Waals surface area (Å²) < 4.78 is 13.4. The highest BCUT2D eigenvalue weighted by Gasteiger charge is 2.17. The molecule has 0 unspecified atom stereocenters. The second kappa shape index (κ2) is 9.04. The quantitative estimate of drug-likeness (QED) is 0.260. The summed E-state index contributed by atoms with van der Waals surface area (Å²) in [6.07, 6.45) is 0. The van der Waals surface area contributed by atoms with Gasteiger partial charge >= 0.3 is 0 Å². The van der Waals surface area contributed by atoms with E-state index in [0.717, 1.165) is 11.1 Å². The normalized spacial score (nSPS) is 10.5. The van der Waals surface area contributed by atoms with E-state index in [1.807, 2.05) is 47.8 Å². The molecule has 2 aromatic carbocycles. The number of carbonyl (C=O) groups is 1. The number of hydrogen-bond acceptors (Lipinski definition) is 5. The van der Waals surface area contributed by atoms with Crippen LogP contribution in [0.2, 0.25) is 0 Å². The number of hydrogen-bond donors (Lipinski definition) is 0. The van der Waals surface area contributed by atoms with Crippen molar-refractivity contribution in [2.45, 2.75) is 5.03 Å². The van der Waals surface area contributed by atoms with Crippen LogP contribution in [0.3, 0.4) is 0 Å². The van der Waals surface area contributed by atoms with Crippen LogP contribution in [-0.4, -0.2) is 16.5 Å². The van der Waals surface area contributed by atoms with Gasteiger partial charge in [0.05, 0.1) is 21.9 Å². The highest BCUT2D eigenvalue weighted by molar-refractivity contribution is 8.00. The van der Waals surface area contributed by atoms with Crippen molar-refractivity contribution < 1.29 is 9.18 Å². The lowest BCUT2D eigenvalue weighted by atomic mass is 9.99. The number of pyridine rings is 1. The summed E-state index contributed by atoms with van der Waals surface area (Å²) in [5.74, 6) is -0.164. The third-order valence-corrected chi connectivity index (χ3v) is 6.35. The van der Waals surface area contributed by atoms with Crippen LogP contribution in [0.1, 0.15) is 15.2 Å². The number of rotatable bonds is 6. The van der Waals surface area contributed by atoms with Gasteiger partial charge in [0.15, 0.2) is 5.78 Å². The van der Waals surface area contributed by atoms with Crippen LogP contribution < -0.4 is 0 Å². The molecule has 4 rings (SSSR count). The van der Waals surface area contributed by atoms with Crippen molar-refractivity contribution in [1.82, 2.24) is 4.98 Å². The highest BCUT2D eigenvalue weighted by Crippen LogP contribution is 2.34. The second-order valence-corrected chi connectivity index (χ2v) is 8.32. The van der Waals surface area contributed by atoms with E-state index < -0.39 is 0 Å². The number of halogens is 1. The van der Waals surface area contributed by atoms with Gasteiger partial charge in [-0.15, -0.1) is 11.3 Å². The first-order valence-corrected chi connectivity index (χ1v) is 11.0. The zero-order chi connectivity index (χ0) is 20.9. The summed E-state index contributed by atoms with van der Waals surface area (Å²) in [6.45, 7) is 0. The highest BCUT2D eigenvalue weighted by atomic mass is 32.2. The molecule has 0 fully saturated rings. The Morgan fingerprint density at radius 3 is 2.47 bits per heavy atom. The molecule has 4 aromatic rings. The molecule has 0 bridgehead atoms. The predicted molar refractivity (Wildman–Crippen MR) is 119 cm³/mol. The van der Waals surface area contributed by atoms with Gasteiger partial charge in [0.25, 0.3) is 0 Å². The average molecular weight is 431 g/mol. The van der Waals surface area contributed by atoms with Gasteiger partial charge in [0.2, 0.25) is 0 Å². The van der Waals surface area contributed by atoms with Crippen molar-refractivity contribution in [2.75, 3.05) is 5.75 Å². The third kappa shape index (κ3) is 4.33. The fourth-order valence-electron chi connectivity index (χ4n) is 2.99. The molecule has 146 valence electrons. The molecule has 0 aliphatic heterocycles. The Balaban J connectivity index is 1.79. The van der Waals surface area contributed by atoms with Crippen molar-refractivity contribution in [2.24, 2.45) is 0 Å². The smallest absolute Gasteiger partial charge is 0.183 e. The van der Waals surface area contributed by atoms with Gasteiger partial charge in [-0.25, -0.2) is 9.37 Å². The lowest BCUT2D eigenvalue weighted by Gasteiger charge is -2.12. The Morgan fingerprint density at radius 1 is 1.03 bits per heavy atom. The lowest BCUT2D eigenvalue weighted by Crippen LogP contribution is -2.02. The number of Topliss-reactive ketones (excluding diaryl/α,β-unsaturated/α-hetero) is 1. The molecule has 0 amide bonds. The van der Waals surface area contributed by atoms with Gasteiger partial charge in [-0.2, -0.15) is 5.26 Å². The van der Waals surface area contributed by atoms with E-state index in [1.165, 1.54) is 35.2 Å². The number of thioether (sulfide) groups is 1. The lowest BCUT2D eigenvalue weighted by molar-refractivity contribution is 0.102. The summed E-state index contributed by atoms with van der Waals surface area (Å²) in [5, 5.41) is 12.2. The maximum atomic E-state index is 13.4. The number of aromatic nitrogens is 1. The van der Waals surface area contributed by atoms with Gasteiger partial charge < -0.3 is 0 Å². The molecule has 0 atom stereocenters. The minimum absolute atomic E-state index is 0.00543. The molecule has 0 aliphatic carbocycles. The van der Waals surface area contributed by atoms with E-state index in [4.69, 9.17) is 0 Å². The molecular weight excluding hydrogens is 415 g/mol. The standard InChI is InChI=1S/C24H15FN2OS2/c25-18-10-8-16(9-11-18)19-13-21(17-5-2-1-3-6-17)27-24(20(19)14-26)30-15-22(28)23-7-4-12-29-23/h1-13H,15H2. The van der Waals surface area contributed by atoms with E-state index in [-0.39, 0.29) is 17.4 Å². The van der Waals surface area contributed by atoms with Gasteiger partial charge in [-0.3, -0.25) is 4.79 Å². The molecule has 0 saturated heterocycles. The zero-order valence-corrected chi connectivity index (χ0v) is 17.3. The maximum absolute atomic E-state index is 13.4. The van der Waals surface area contributed by atoms with Gasteiger partial charge in [-0.05, 0) is 35.2 Å². The topological polar surface area (TPSA) is 53.8 Å². The first-order chi connectivity index (χ1) is 14.7. The molecule has 0 radical (unpaired) electrons. The molecule has 30 heavy (non-hydrogen) atoms. The third-order valence-electron chi connectivity index (χ3n) is 4.46. The van der Waals surface area contributed by atoms with Crippen molar-refractivity contribution in [3.8, 4) is 28.5 Å². The second-order valence-electron chi connectivity index (χ2n) is 6.41. The summed E-state index contributed by atoms with van der Waals surface area (Å²) in [5.41, 5.74) is 3.36. The Labute approximate surface area is 181 Å². The zero-order valence-electron chi connectivity index (χ0n) is 15.7. The number of nitriles is 1. The molecule has 2 heterocycles. The van der Waals surface area contributed by atoms with Crippen LogP contribution in [0, 0.1) is 17.1 Å². The van der Waals surface area contributed by atoms with Crippen molar-refractivity contribution in [1.29, 1.82) is 5.26 Å². The van der Waals surface area contributed by atoms with Crippen LogP contribution >= 0.6 is 23.1 Å². The van der Waals surface area contributed by atoms with Gasteiger partial charge in [0, 0.05) is 11.1 Å². The fraction of sp³-hybridized carbons (Fsp3) is 0.0417. The fourth-order valence-corrected chi connectivity index (χ4v) is 4.63. The molecular formula is C24H15FN2OS2. The first-order valence-electron chi connectivity index (χ1n) is 9.11. The average Bonchev–Trinajstić information content (AvgIpc) is 3.33. The Morgan fingerprint density at radius 2 is 1.80 bits per heavy atom. The van der Waals surface area contributed by atoms with Crippen LogP contribution in [-0.2, 0) is 0 Å². The van der Waals surface area contributed by atoms with Crippen molar-refractivity contribution in [3.05, 3.63) is 94.4 Å². The minimum Gasteiger partial charge on any atom is -0.292 e.